The van der Waals surface area contributed by atoms with Crippen LogP contribution in [0.1, 0.15) is 55.3 Å². The minimum absolute atomic E-state index is 0.171. The van der Waals surface area contributed by atoms with Gasteiger partial charge in [-0.2, -0.15) is 0 Å². The van der Waals surface area contributed by atoms with Gasteiger partial charge in [0, 0.05) is 11.1 Å². The average molecular weight is 416 g/mol. The lowest BCUT2D eigenvalue weighted by atomic mass is 10.0. The van der Waals surface area contributed by atoms with Crippen LogP contribution in [-0.4, -0.2) is 20.5 Å². The van der Waals surface area contributed by atoms with Crippen molar-refractivity contribution in [3.63, 3.8) is 0 Å². The lowest BCUT2D eigenvalue weighted by Gasteiger charge is -2.10. The second kappa shape index (κ2) is 7.91. The number of carbonyl (C=O) groups is 1. The van der Waals surface area contributed by atoms with Crippen molar-refractivity contribution in [2.45, 2.75) is 51.5 Å². The van der Waals surface area contributed by atoms with Crippen LogP contribution in [0.3, 0.4) is 0 Å². The summed E-state index contributed by atoms with van der Waals surface area (Å²) in [7, 11) is -3.77. The molecule has 6 nitrogen and oxygen atoms in total. The molecule has 0 saturated heterocycles. The van der Waals surface area contributed by atoms with Crippen LogP contribution in [0.4, 0.5) is 5.69 Å². The molecule has 0 bridgehead atoms. The van der Waals surface area contributed by atoms with Crippen molar-refractivity contribution in [2.24, 2.45) is 0 Å². The van der Waals surface area contributed by atoms with E-state index >= 15 is 0 Å². The monoisotopic (exact) mass is 415 g/mol. The molecule has 0 aliphatic rings. The number of benzene rings is 2. The molecule has 0 aliphatic heterocycles. The van der Waals surface area contributed by atoms with Crippen molar-refractivity contribution in [3.8, 4) is 0 Å². The first-order valence-corrected chi connectivity index (χ1v) is 10.9. The van der Waals surface area contributed by atoms with Gasteiger partial charge in [-0.25, -0.2) is 13.2 Å². The molecule has 0 amide bonds. The summed E-state index contributed by atoms with van der Waals surface area (Å²) in [6.07, 6.45) is -0.276. The Kier molecular flexibility index (Phi) is 5.71. The first-order valence-electron chi connectivity index (χ1n) is 9.45. The topological polar surface area (TPSA) is 85.6 Å². The number of carbonyl (C=O) groups excluding carboxylic acids is 1. The van der Waals surface area contributed by atoms with Gasteiger partial charge in [-0.3, -0.25) is 4.72 Å². The minimum Gasteiger partial charge on any atom is -0.460 e. The number of aryl methyl sites for hydroxylation is 1. The Hall–Kier alpha value is -2.80. The van der Waals surface area contributed by atoms with E-state index in [1.54, 1.807) is 51.1 Å². The molecule has 154 valence electrons. The molecule has 1 aromatic heterocycles. The van der Waals surface area contributed by atoms with Crippen molar-refractivity contribution in [1.82, 2.24) is 0 Å². The van der Waals surface area contributed by atoms with Crippen LogP contribution in [0.15, 0.2) is 51.8 Å². The Morgan fingerprint density at radius 3 is 2.28 bits per heavy atom. The summed E-state index contributed by atoms with van der Waals surface area (Å²) < 4.78 is 39.0. The number of nitrogens with one attached hydrogen (secondary N) is 1. The Morgan fingerprint density at radius 2 is 1.69 bits per heavy atom. The van der Waals surface area contributed by atoms with Gasteiger partial charge in [0.05, 0.1) is 11.0 Å². The van der Waals surface area contributed by atoms with Gasteiger partial charge in [0.25, 0.3) is 10.0 Å². The molecule has 0 aliphatic carbocycles. The van der Waals surface area contributed by atoms with Gasteiger partial charge in [0.1, 0.15) is 16.9 Å². The lowest BCUT2D eigenvalue weighted by Crippen LogP contribution is -2.13. The third-order valence-electron chi connectivity index (χ3n) is 4.52. The highest BCUT2D eigenvalue weighted by Gasteiger charge is 2.22. The minimum atomic E-state index is -3.77. The molecule has 0 fully saturated rings. The molecule has 0 saturated carbocycles. The zero-order valence-electron chi connectivity index (χ0n) is 17.1. The van der Waals surface area contributed by atoms with Crippen LogP contribution in [0.2, 0.25) is 0 Å². The van der Waals surface area contributed by atoms with Gasteiger partial charge >= 0.3 is 5.97 Å². The van der Waals surface area contributed by atoms with E-state index in [0.29, 0.717) is 33.9 Å². The number of esters is 1. The van der Waals surface area contributed by atoms with E-state index in [0.717, 1.165) is 5.56 Å². The van der Waals surface area contributed by atoms with Crippen LogP contribution >= 0.6 is 0 Å². The summed E-state index contributed by atoms with van der Waals surface area (Å²) in [6, 6.07) is 11.6. The largest absolute Gasteiger partial charge is 0.460 e. The van der Waals surface area contributed by atoms with Crippen molar-refractivity contribution in [2.75, 3.05) is 4.72 Å². The van der Waals surface area contributed by atoms with Crippen LogP contribution in [0.5, 0.6) is 0 Å². The number of anilines is 1. The number of ether oxygens (including phenoxy) is 1. The van der Waals surface area contributed by atoms with E-state index in [-0.39, 0.29) is 11.0 Å². The predicted molar refractivity (Wildman–Crippen MR) is 113 cm³/mol. The summed E-state index contributed by atoms with van der Waals surface area (Å²) in [6.45, 7) is 9.30. The molecule has 3 rings (SSSR count). The molecule has 0 radical (unpaired) electrons. The Morgan fingerprint density at radius 1 is 1.03 bits per heavy atom. The Balaban J connectivity index is 1.94. The van der Waals surface area contributed by atoms with Crippen LogP contribution in [-0.2, 0) is 14.8 Å². The molecule has 0 spiro atoms. The highest BCUT2D eigenvalue weighted by molar-refractivity contribution is 7.92. The number of hydrogen-bond acceptors (Lipinski definition) is 5. The van der Waals surface area contributed by atoms with Crippen molar-refractivity contribution in [1.29, 1.82) is 0 Å². The van der Waals surface area contributed by atoms with Crippen molar-refractivity contribution >= 4 is 32.6 Å². The highest BCUT2D eigenvalue weighted by Crippen LogP contribution is 2.30. The third-order valence-corrected chi connectivity index (χ3v) is 5.92. The maximum Gasteiger partial charge on any atom is 0.342 e. The van der Waals surface area contributed by atoms with E-state index in [2.05, 4.69) is 4.72 Å². The third kappa shape index (κ3) is 4.45. The Labute approximate surface area is 170 Å². The first-order chi connectivity index (χ1) is 13.6. The van der Waals surface area contributed by atoms with Gasteiger partial charge in [-0.15, -0.1) is 0 Å². The van der Waals surface area contributed by atoms with E-state index in [9.17, 15) is 13.2 Å². The van der Waals surface area contributed by atoms with E-state index in [1.807, 2.05) is 26.0 Å². The number of hydrogen-bond donors (Lipinski definition) is 1. The summed E-state index contributed by atoms with van der Waals surface area (Å²) in [5.74, 6) is 0.242. The zero-order chi connectivity index (χ0) is 21.3. The normalized spacial score (nSPS) is 12.0. The maximum absolute atomic E-state index is 12.8. The molecular formula is C22H25NO5S. The van der Waals surface area contributed by atoms with E-state index < -0.39 is 16.0 Å². The highest BCUT2D eigenvalue weighted by atomic mass is 32.2. The molecule has 0 atom stereocenters. The summed E-state index contributed by atoms with van der Waals surface area (Å²) in [5, 5.41) is 0.503. The summed E-state index contributed by atoms with van der Waals surface area (Å²) in [4.78, 5) is 12.6. The number of sulfonamides is 1. The molecule has 0 unspecified atom stereocenters. The van der Waals surface area contributed by atoms with Crippen LogP contribution in [0, 0.1) is 6.92 Å². The van der Waals surface area contributed by atoms with Gasteiger partial charge < -0.3 is 9.15 Å². The fourth-order valence-electron chi connectivity index (χ4n) is 3.06. The average Bonchev–Trinajstić information content (AvgIpc) is 2.96. The molecule has 1 N–H and O–H groups in total. The van der Waals surface area contributed by atoms with Crippen molar-refractivity contribution in [3.05, 3.63) is 59.4 Å². The smallest absolute Gasteiger partial charge is 0.342 e. The number of furan rings is 1. The van der Waals surface area contributed by atoms with Gasteiger partial charge in [-0.05, 0) is 62.6 Å². The molecule has 2 aromatic carbocycles. The Bertz CT molecular complexity index is 1140. The molecular weight excluding hydrogens is 390 g/mol. The maximum atomic E-state index is 12.8. The second-order valence-electron chi connectivity index (χ2n) is 7.53. The summed E-state index contributed by atoms with van der Waals surface area (Å²) in [5.41, 5.74) is 2.19. The van der Waals surface area contributed by atoms with Crippen LogP contribution < -0.4 is 4.72 Å². The number of rotatable bonds is 6. The summed E-state index contributed by atoms with van der Waals surface area (Å²) >= 11 is 0. The zero-order valence-corrected chi connectivity index (χ0v) is 18.0. The SMILES string of the molecule is Cc1oc2ccc(NS(=O)(=O)c3ccc(C(C)C)cc3)cc2c1C(=O)OC(C)C. The molecule has 1 heterocycles. The van der Waals surface area contributed by atoms with Crippen molar-refractivity contribution < 1.29 is 22.4 Å². The number of fused-ring (bicyclic) bond motifs is 1. The fraction of sp³-hybridized carbons (Fsp3) is 0.318. The van der Waals surface area contributed by atoms with E-state index in [4.69, 9.17) is 9.15 Å². The molecule has 7 heteroatoms. The first kappa shape index (κ1) is 20.9. The fourth-order valence-corrected chi connectivity index (χ4v) is 4.11. The van der Waals surface area contributed by atoms with Gasteiger partial charge in [0.2, 0.25) is 0 Å². The van der Waals surface area contributed by atoms with Crippen LogP contribution in [0.25, 0.3) is 11.0 Å². The van der Waals surface area contributed by atoms with Gasteiger partial charge in [0.15, 0.2) is 0 Å². The quantitative estimate of drug-likeness (QED) is 0.557. The lowest BCUT2D eigenvalue weighted by molar-refractivity contribution is 0.0378. The van der Waals surface area contributed by atoms with Gasteiger partial charge in [-0.1, -0.05) is 26.0 Å². The standard InChI is InChI=1S/C22H25NO5S/c1-13(2)16-6-9-18(10-7-16)29(25,26)23-17-8-11-20-19(12-17)21(15(5)28-20)22(24)27-14(3)4/h6-14,23H,1-5H3. The predicted octanol–water partition coefficient (Wildman–Crippen LogP) is 5.23. The second-order valence-corrected chi connectivity index (χ2v) is 9.21. The molecule has 29 heavy (non-hydrogen) atoms. The van der Waals surface area contributed by atoms with E-state index in [1.165, 1.54) is 0 Å². The molecule has 3 aromatic rings.